The third-order valence-electron chi connectivity index (χ3n) is 2.59. The number of nitrogens with one attached hydrogen (secondary N) is 1. The van der Waals surface area contributed by atoms with Crippen LogP contribution < -0.4 is 5.32 Å². The molecule has 1 atom stereocenters. The summed E-state index contributed by atoms with van der Waals surface area (Å²) in [6, 6.07) is 13.9. The molecule has 0 saturated carbocycles. The second-order valence-corrected chi connectivity index (χ2v) is 5.22. The van der Waals surface area contributed by atoms with Crippen LogP contribution in [0.3, 0.4) is 0 Å². The average molecular weight is 280 g/mol. The Morgan fingerprint density at radius 3 is 2.61 bits per heavy atom. The topological polar surface area (TPSA) is 29.1 Å². The maximum atomic E-state index is 11.7. The van der Waals surface area contributed by atoms with Crippen molar-refractivity contribution in [2.24, 2.45) is 0 Å². The van der Waals surface area contributed by atoms with Crippen LogP contribution in [-0.4, -0.2) is 11.8 Å². The first-order valence-electron chi connectivity index (χ1n) is 5.75. The van der Waals surface area contributed by atoms with E-state index >= 15 is 0 Å². The predicted octanol–water partition coefficient (Wildman–Crippen LogP) is 3.58. The van der Waals surface area contributed by atoms with Gasteiger partial charge in [0.1, 0.15) is 0 Å². The summed E-state index contributed by atoms with van der Waals surface area (Å²) < 4.78 is 0. The molecule has 0 unspecified atom stereocenters. The van der Waals surface area contributed by atoms with E-state index in [2.05, 4.69) is 5.32 Å². The molecule has 0 saturated heterocycles. The lowest BCUT2D eigenvalue weighted by Gasteiger charge is -2.17. The number of carbonyl (C=O) groups is 1. The minimum atomic E-state index is -0.0816. The largest absolute Gasteiger partial charge is 0.344 e. The Labute approximate surface area is 116 Å². The summed E-state index contributed by atoms with van der Waals surface area (Å²) in [6.45, 7) is 0. The molecule has 2 aromatic rings. The van der Waals surface area contributed by atoms with E-state index in [9.17, 15) is 4.79 Å². The van der Waals surface area contributed by atoms with Gasteiger partial charge >= 0.3 is 0 Å². The lowest BCUT2D eigenvalue weighted by molar-refractivity contribution is -0.121. The van der Waals surface area contributed by atoms with Crippen LogP contribution >= 0.6 is 22.9 Å². The Balaban J connectivity index is 2.22. The molecule has 94 valence electrons. The molecule has 0 aliphatic rings. The first kappa shape index (κ1) is 13.1. The highest BCUT2D eigenvalue weighted by Crippen LogP contribution is 2.25. The van der Waals surface area contributed by atoms with Crippen molar-refractivity contribution in [3.63, 3.8) is 0 Å². The summed E-state index contributed by atoms with van der Waals surface area (Å²) >= 11 is 7.23. The molecule has 0 aliphatic carbocycles. The van der Waals surface area contributed by atoms with Gasteiger partial charge in [-0.05, 0) is 17.0 Å². The first-order valence-corrected chi connectivity index (χ1v) is 7.16. The zero-order valence-electron chi connectivity index (χ0n) is 9.80. The minimum Gasteiger partial charge on any atom is -0.344 e. The van der Waals surface area contributed by atoms with Crippen molar-refractivity contribution >= 4 is 28.8 Å². The van der Waals surface area contributed by atoms with Crippen LogP contribution in [0.1, 0.15) is 22.9 Å². The monoisotopic (exact) mass is 279 g/mol. The number of amides is 1. The number of alkyl halides is 1. The molecule has 18 heavy (non-hydrogen) atoms. The van der Waals surface area contributed by atoms with Gasteiger partial charge < -0.3 is 5.32 Å². The predicted molar refractivity (Wildman–Crippen MR) is 76.1 cm³/mol. The van der Waals surface area contributed by atoms with E-state index in [1.165, 1.54) is 0 Å². The third kappa shape index (κ3) is 3.34. The Morgan fingerprint density at radius 1 is 1.22 bits per heavy atom. The Hall–Kier alpha value is -1.32. The second kappa shape index (κ2) is 6.57. The maximum Gasteiger partial charge on any atom is 0.221 e. The highest BCUT2D eigenvalue weighted by Gasteiger charge is 2.16. The summed E-state index contributed by atoms with van der Waals surface area (Å²) in [5.74, 6) is 0.324. The van der Waals surface area contributed by atoms with E-state index in [0.717, 1.165) is 10.4 Å². The van der Waals surface area contributed by atoms with Crippen LogP contribution in [0.4, 0.5) is 0 Å². The van der Waals surface area contributed by atoms with Crippen molar-refractivity contribution in [2.45, 2.75) is 12.5 Å². The van der Waals surface area contributed by atoms with E-state index in [4.69, 9.17) is 11.6 Å². The highest BCUT2D eigenvalue weighted by atomic mass is 35.5. The normalized spacial score (nSPS) is 12.1. The molecule has 0 fully saturated rings. The van der Waals surface area contributed by atoms with Gasteiger partial charge in [0.2, 0.25) is 5.91 Å². The van der Waals surface area contributed by atoms with E-state index in [0.29, 0.717) is 12.3 Å². The molecule has 1 aromatic carbocycles. The minimum absolute atomic E-state index is 0.0211. The molecule has 4 heteroatoms. The van der Waals surface area contributed by atoms with E-state index in [1.54, 1.807) is 11.3 Å². The molecule has 1 aromatic heterocycles. The molecule has 1 N–H and O–H groups in total. The van der Waals surface area contributed by atoms with Crippen molar-refractivity contribution in [2.75, 3.05) is 5.88 Å². The molecule has 1 heterocycles. The number of thiophene rings is 1. The molecule has 2 nitrogen and oxygen atoms in total. The van der Waals surface area contributed by atoms with Gasteiger partial charge in [0.05, 0.1) is 6.04 Å². The Bertz CT molecular complexity index is 484. The number of rotatable bonds is 5. The lowest BCUT2D eigenvalue weighted by atomic mass is 10.1. The van der Waals surface area contributed by atoms with Crippen LogP contribution in [0.25, 0.3) is 0 Å². The first-order chi connectivity index (χ1) is 8.81. The Morgan fingerprint density at radius 2 is 2.00 bits per heavy atom. The highest BCUT2D eigenvalue weighted by molar-refractivity contribution is 7.10. The summed E-state index contributed by atoms with van der Waals surface area (Å²) in [5, 5.41) is 5.04. The van der Waals surface area contributed by atoms with Crippen LogP contribution in [0, 0.1) is 0 Å². The molecule has 0 spiro atoms. The van der Waals surface area contributed by atoms with Crippen LogP contribution in [0.5, 0.6) is 0 Å². The van der Waals surface area contributed by atoms with E-state index in [1.807, 2.05) is 47.8 Å². The van der Waals surface area contributed by atoms with Crippen LogP contribution in [-0.2, 0) is 4.79 Å². The van der Waals surface area contributed by atoms with Gasteiger partial charge in [-0.15, -0.1) is 22.9 Å². The van der Waals surface area contributed by atoms with E-state index < -0.39 is 0 Å². The van der Waals surface area contributed by atoms with Gasteiger partial charge in [-0.1, -0.05) is 36.4 Å². The molecular formula is C14H14ClNOS. The molecule has 0 radical (unpaired) electrons. The lowest BCUT2D eigenvalue weighted by Crippen LogP contribution is -2.28. The molecule has 2 rings (SSSR count). The van der Waals surface area contributed by atoms with Gasteiger partial charge in [0.25, 0.3) is 0 Å². The fraction of sp³-hybridized carbons (Fsp3) is 0.214. The Kier molecular flexibility index (Phi) is 4.79. The van der Waals surface area contributed by atoms with E-state index in [-0.39, 0.29) is 11.9 Å². The zero-order valence-corrected chi connectivity index (χ0v) is 11.4. The number of carbonyl (C=O) groups excluding carboxylic acids is 1. The number of halogens is 1. The second-order valence-electron chi connectivity index (χ2n) is 3.87. The van der Waals surface area contributed by atoms with Crippen molar-refractivity contribution in [1.29, 1.82) is 0 Å². The number of hydrogen-bond donors (Lipinski definition) is 1. The third-order valence-corrected chi connectivity index (χ3v) is 3.71. The quantitative estimate of drug-likeness (QED) is 0.833. The maximum absolute atomic E-state index is 11.7. The number of hydrogen-bond acceptors (Lipinski definition) is 2. The summed E-state index contributed by atoms with van der Waals surface area (Å²) in [7, 11) is 0. The van der Waals surface area contributed by atoms with Gasteiger partial charge in [-0.2, -0.15) is 0 Å². The molecule has 0 bridgehead atoms. The smallest absolute Gasteiger partial charge is 0.221 e. The van der Waals surface area contributed by atoms with Crippen molar-refractivity contribution < 1.29 is 4.79 Å². The molecule has 0 aliphatic heterocycles. The van der Waals surface area contributed by atoms with Crippen molar-refractivity contribution in [1.82, 2.24) is 5.32 Å². The number of benzene rings is 1. The summed E-state index contributed by atoms with van der Waals surface area (Å²) in [4.78, 5) is 12.9. The summed E-state index contributed by atoms with van der Waals surface area (Å²) in [5.41, 5.74) is 1.09. The van der Waals surface area contributed by atoms with Crippen LogP contribution in [0.15, 0.2) is 47.8 Å². The van der Waals surface area contributed by atoms with Crippen molar-refractivity contribution in [3.8, 4) is 0 Å². The van der Waals surface area contributed by atoms with Gasteiger partial charge in [0.15, 0.2) is 0 Å². The SMILES string of the molecule is O=C(CCCl)N[C@@H](c1ccccc1)c1cccs1. The van der Waals surface area contributed by atoms with Gasteiger partial charge in [0, 0.05) is 17.2 Å². The standard InChI is InChI=1S/C14H14ClNOS/c15-9-8-13(17)16-14(12-7-4-10-18-12)11-5-2-1-3-6-11/h1-7,10,14H,8-9H2,(H,16,17)/t14-/m0/s1. The van der Waals surface area contributed by atoms with Crippen LogP contribution in [0.2, 0.25) is 0 Å². The fourth-order valence-electron chi connectivity index (χ4n) is 1.74. The molecule has 1 amide bonds. The molecular weight excluding hydrogens is 266 g/mol. The zero-order chi connectivity index (χ0) is 12.8. The van der Waals surface area contributed by atoms with Crippen molar-refractivity contribution in [3.05, 3.63) is 58.3 Å². The average Bonchev–Trinajstić information content (AvgIpc) is 2.91. The van der Waals surface area contributed by atoms with Gasteiger partial charge in [-0.3, -0.25) is 4.79 Å². The summed E-state index contributed by atoms with van der Waals surface area (Å²) in [6.07, 6.45) is 0.344. The van der Waals surface area contributed by atoms with Gasteiger partial charge in [-0.25, -0.2) is 0 Å². The fourth-order valence-corrected chi connectivity index (χ4v) is 2.71.